The molecule has 2 nitrogen and oxygen atoms in total. The summed E-state index contributed by atoms with van der Waals surface area (Å²) in [5, 5.41) is 0. The Balaban J connectivity index is 3.19. The first-order valence-corrected chi connectivity index (χ1v) is 6.15. The molecule has 0 aromatic heterocycles. The van der Waals surface area contributed by atoms with Gasteiger partial charge < -0.3 is 4.90 Å². The first kappa shape index (κ1) is 16.5. The van der Waals surface area contributed by atoms with Gasteiger partial charge in [-0.15, -0.1) is 0 Å². The Morgan fingerprint density at radius 3 is 2.25 bits per heavy atom. The van der Waals surface area contributed by atoms with Crippen molar-refractivity contribution in [3.8, 4) is 0 Å². The monoisotopic (exact) mass is 291 g/mol. The molecule has 0 aliphatic heterocycles. The van der Waals surface area contributed by atoms with Gasteiger partial charge in [0.2, 0.25) is 0 Å². The standard InChI is InChI=1S/C14H17F4NO/c1-5-13(2,3)19(4)12(20)9-6-7-11(15)10(8-9)14(16,17)18/h6-8H,5H2,1-4H3. The number of hydrogen-bond acceptors (Lipinski definition) is 1. The molecule has 1 amide bonds. The van der Waals surface area contributed by atoms with Crippen LogP contribution in [0.4, 0.5) is 17.6 Å². The van der Waals surface area contributed by atoms with Crippen LogP contribution in [0.5, 0.6) is 0 Å². The molecule has 1 aromatic carbocycles. The third kappa shape index (κ3) is 3.29. The molecule has 0 bridgehead atoms. The molecule has 0 spiro atoms. The van der Waals surface area contributed by atoms with Gasteiger partial charge in [-0.1, -0.05) is 6.92 Å². The predicted octanol–water partition coefficient (Wildman–Crippen LogP) is 4.11. The predicted molar refractivity (Wildman–Crippen MR) is 67.9 cm³/mol. The summed E-state index contributed by atoms with van der Waals surface area (Å²) in [5.74, 6) is -1.95. The number of carbonyl (C=O) groups is 1. The summed E-state index contributed by atoms with van der Waals surface area (Å²) >= 11 is 0. The number of hydrogen-bond donors (Lipinski definition) is 0. The summed E-state index contributed by atoms with van der Waals surface area (Å²) in [4.78, 5) is 13.5. The van der Waals surface area contributed by atoms with Crippen LogP contribution < -0.4 is 0 Å². The van der Waals surface area contributed by atoms with E-state index in [1.807, 2.05) is 6.92 Å². The molecule has 0 saturated carbocycles. The van der Waals surface area contributed by atoms with Crippen molar-refractivity contribution in [1.82, 2.24) is 4.90 Å². The normalized spacial score (nSPS) is 12.4. The highest BCUT2D eigenvalue weighted by molar-refractivity contribution is 5.94. The smallest absolute Gasteiger partial charge is 0.337 e. The van der Waals surface area contributed by atoms with Crippen molar-refractivity contribution in [2.45, 2.75) is 38.9 Å². The van der Waals surface area contributed by atoms with E-state index in [4.69, 9.17) is 0 Å². The lowest BCUT2D eigenvalue weighted by atomic mass is 9.98. The van der Waals surface area contributed by atoms with Gasteiger partial charge >= 0.3 is 6.18 Å². The minimum absolute atomic E-state index is 0.178. The lowest BCUT2D eigenvalue weighted by Crippen LogP contribution is -2.44. The second-order valence-corrected chi connectivity index (χ2v) is 5.22. The fourth-order valence-electron chi connectivity index (χ4n) is 1.58. The Kier molecular flexibility index (Phi) is 4.46. The molecule has 0 atom stereocenters. The maximum atomic E-state index is 13.2. The largest absolute Gasteiger partial charge is 0.419 e. The number of benzene rings is 1. The van der Waals surface area contributed by atoms with Crippen LogP contribution in [0, 0.1) is 5.82 Å². The van der Waals surface area contributed by atoms with Crippen molar-refractivity contribution >= 4 is 5.91 Å². The summed E-state index contributed by atoms with van der Waals surface area (Å²) < 4.78 is 51.1. The minimum Gasteiger partial charge on any atom is -0.337 e. The molecule has 6 heteroatoms. The van der Waals surface area contributed by atoms with Crippen LogP contribution in [0.1, 0.15) is 43.1 Å². The highest BCUT2D eigenvalue weighted by Crippen LogP contribution is 2.32. The van der Waals surface area contributed by atoms with Gasteiger partial charge in [-0.3, -0.25) is 4.79 Å². The van der Waals surface area contributed by atoms with Gasteiger partial charge in [-0.05, 0) is 38.5 Å². The molecule has 0 aliphatic carbocycles. The van der Waals surface area contributed by atoms with Gasteiger partial charge in [0.15, 0.2) is 0 Å². The van der Waals surface area contributed by atoms with Crippen LogP contribution in [-0.4, -0.2) is 23.4 Å². The van der Waals surface area contributed by atoms with Crippen LogP contribution in [-0.2, 0) is 6.18 Å². The Morgan fingerprint density at radius 1 is 1.25 bits per heavy atom. The molecule has 0 fully saturated rings. The van der Waals surface area contributed by atoms with E-state index in [-0.39, 0.29) is 5.56 Å². The lowest BCUT2D eigenvalue weighted by molar-refractivity contribution is -0.140. The van der Waals surface area contributed by atoms with E-state index in [0.717, 1.165) is 6.07 Å². The first-order chi connectivity index (χ1) is 9.00. The SMILES string of the molecule is CCC(C)(C)N(C)C(=O)c1ccc(F)c(C(F)(F)F)c1. The Hall–Kier alpha value is -1.59. The molecule has 20 heavy (non-hydrogen) atoms. The van der Waals surface area contributed by atoms with E-state index in [1.54, 1.807) is 13.8 Å². The van der Waals surface area contributed by atoms with E-state index in [0.29, 0.717) is 18.6 Å². The van der Waals surface area contributed by atoms with E-state index in [9.17, 15) is 22.4 Å². The zero-order chi connectivity index (χ0) is 15.7. The molecule has 0 heterocycles. The van der Waals surface area contributed by atoms with Crippen molar-refractivity contribution in [3.63, 3.8) is 0 Å². The summed E-state index contributed by atoms with van der Waals surface area (Å²) in [6, 6.07) is 2.29. The quantitative estimate of drug-likeness (QED) is 0.768. The van der Waals surface area contributed by atoms with Crippen LogP contribution in [0.2, 0.25) is 0 Å². The summed E-state index contributed by atoms with van der Waals surface area (Å²) in [5.41, 5.74) is -2.10. The van der Waals surface area contributed by atoms with Gasteiger partial charge in [-0.2, -0.15) is 13.2 Å². The van der Waals surface area contributed by atoms with Crippen molar-refractivity contribution in [3.05, 3.63) is 35.1 Å². The molecule has 1 aromatic rings. The zero-order valence-corrected chi connectivity index (χ0v) is 11.8. The Morgan fingerprint density at radius 2 is 1.80 bits per heavy atom. The molecule has 0 radical (unpaired) electrons. The minimum atomic E-state index is -4.82. The molecule has 0 unspecified atom stereocenters. The number of amides is 1. The summed E-state index contributed by atoms with van der Waals surface area (Å²) in [6.07, 6.45) is -4.18. The maximum Gasteiger partial charge on any atom is 0.419 e. The number of halogens is 4. The average molecular weight is 291 g/mol. The third-order valence-electron chi connectivity index (χ3n) is 3.60. The first-order valence-electron chi connectivity index (χ1n) is 6.15. The van der Waals surface area contributed by atoms with Crippen LogP contribution >= 0.6 is 0 Å². The Labute approximate surface area is 115 Å². The molecule has 0 aliphatic rings. The maximum absolute atomic E-state index is 13.2. The molecule has 0 N–H and O–H groups in total. The third-order valence-corrected chi connectivity index (χ3v) is 3.60. The number of alkyl halides is 3. The molecule has 0 saturated heterocycles. The van der Waals surface area contributed by atoms with Gasteiger partial charge in [-0.25, -0.2) is 4.39 Å². The molecular weight excluding hydrogens is 274 g/mol. The average Bonchev–Trinajstić information content (AvgIpc) is 2.36. The number of carbonyl (C=O) groups excluding carboxylic acids is 1. The number of rotatable bonds is 3. The highest BCUT2D eigenvalue weighted by atomic mass is 19.4. The molecular formula is C14H17F4NO. The van der Waals surface area contributed by atoms with Crippen molar-refractivity contribution in [2.75, 3.05) is 7.05 Å². The summed E-state index contributed by atoms with van der Waals surface area (Å²) in [6.45, 7) is 5.48. The van der Waals surface area contributed by atoms with Crippen molar-refractivity contribution in [2.24, 2.45) is 0 Å². The summed E-state index contributed by atoms with van der Waals surface area (Å²) in [7, 11) is 1.52. The second kappa shape index (κ2) is 5.42. The fraction of sp³-hybridized carbons (Fsp3) is 0.500. The fourth-order valence-corrected chi connectivity index (χ4v) is 1.58. The van der Waals surface area contributed by atoms with E-state index in [1.165, 1.54) is 11.9 Å². The van der Waals surface area contributed by atoms with Gasteiger partial charge in [0.05, 0.1) is 5.56 Å². The molecule has 112 valence electrons. The van der Waals surface area contributed by atoms with Crippen LogP contribution in [0.15, 0.2) is 18.2 Å². The Bertz CT molecular complexity index is 508. The topological polar surface area (TPSA) is 20.3 Å². The van der Waals surface area contributed by atoms with Crippen molar-refractivity contribution in [1.29, 1.82) is 0 Å². The van der Waals surface area contributed by atoms with Crippen LogP contribution in [0.3, 0.4) is 0 Å². The van der Waals surface area contributed by atoms with Gasteiger partial charge in [0, 0.05) is 18.2 Å². The zero-order valence-electron chi connectivity index (χ0n) is 11.8. The highest BCUT2D eigenvalue weighted by Gasteiger charge is 2.35. The molecule has 1 rings (SSSR count). The van der Waals surface area contributed by atoms with Gasteiger partial charge in [0.1, 0.15) is 5.82 Å². The second-order valence-electron chi connectivity index (χ2n) is 5.22. The lowest BCUT2D eigenvalue weighted by Gasteiger charge is -2.35. The van der Waals surface area contributed by atoms with Crippen LogP contribution in [0.25, 0.3) is 0 Å². The van der Waals surface area contributed by atoms with E-state index < -0.39 is 29.0 Å². The van der Waals surface area contributed by atoms with Gasteiger partial charge in [0.25, 0.3) is 5.91 Å². The van der Waals surface area contributed by atoms with E-state index >= 15 is 0 Å². The van der Waals surface area contributed by atoms with E-state index in [2.05, 4.69) is 0 Å². The number of nitrogens with zero attached hydrogens (tertiary/aromatic N) is 1. The van der Waals surface area contributed by atoms with Crippen molar-refractivity contribution < 1.29 is 22.4 Å².